The van der Waals surface area contributed by atoms with Gasteiger partial charge in [0.1, 0.15) is 11.2 Å². The number of furan rings is 1. The van der Waals surface area contributed by atoms with Crippen molar-refractivity contribution in [2.24, 2.45) is 0 Å². The highest BCUT2D eigenvalue weighted by Crippen LogP contribution is 2.46. The number of fused-ring (bicyclic) bond motifs is 7. The van der Waals surface area contributed by atoms with E-state index in [-0.39, 0.29) is 78.2 Å². The lowest BCUT2D eigenvalue weighted by Crippen LogP contribution is -1.92. The summed E-state index contributed by atoms with van der Waals surface area (Å²) in [7, 11) is 0. The molecule has 10 aromatic rings. The quantitative estimate of drug-likeness (QED) is 0.175. The van der Waals surface area contributed by atoms with Crippen molar-refractivity contribution in [1.29, 1.82) is 0 Å². The summed E-state index contributed by atoms with van der Waals surface area (Å²) in [6.45, 7) is 0. The second-order valence-electron chi connectivity index (χ2n) is 11.5. The van der Waals surface area contributed by atoms with Gasteiger partial charge in [0.05, 0.1) is 23.3 Å². The molecule has 0 aliphatic rings. The molecule has 0 radical (unpaired) electrons. The summed E-state index contributed by atoms with van der Waals surface area (Å²) in [5.41, 5.74) is -0.256. The lowest BCUT2D eigenvalue weighted by molar-refractivity contribution is 0.672. The smallest absolute Gasteiger partial charge is 0.143 e. The molecule has 10 rings (SSSR count). The Morgan fingerprint density at radius 3 is 1.65 bits per heavy atom. The Hall–Kier alpha value is -6.44. The molecule has 0 amide bonds. The molecule has 0 spiro atoms. The average Bonchev–Trinajstić information content (AvgIpc) is 3.72. The summed E-state index contributed by atoms with van der Waals surface area (Å²) in [5.74, 6) is 0. The molecule has 1 aromatic heterocycles. The summed E-state index contributed by atoms with van der Waals surface area (Å²) in [6.07, 6.45) is 0. The zero-order chi connectivity index (χ0) is 47.1. The summed E-state index contributed by atoms with van der Waals surface area (Å²) in [4.78, 5) is 0. The predicted octanol–water partition coefficient (Wildman–Crippen LogP) is 13.7. The fourth-order valence-electron chi connectivity index (χ4n) is 6.55. The van der Waals surface area contributed by atoms with Crippen molar-refractivity contribution in [3.63, 3.8) is 0 Å². The van der Waals surface area contributed by atoms with Crippen LogP contribution < -0.4 is 0 Å². The van der Waals surface area contributed by atoms with Crippen LogP contribution in [-0.2, 0) is 0 Å². The van der Waals surface area contributed by atoms with Crippen LogP contribution >= 0.6 is 0 Å². The van der Waals surface area contributed by atoms with Gasteiger partial charge in [-0.3, -0.25) is 0 Å². The normalized spacial score (nSPS) is 16.5. The molecule has 0 aliphatic heterocycles. The van der Waals surface area contributed by atoms with Gasteiger partial charge in [0.25, 0.3) is 0 Å². The zero-order valence-corrected chi connectivity index (χ0v) is 25.4. The Kier molecular flexibility index (Phi) is 3.54. The van der Waals surface area contributed by atoms with Crippen molar-refractivity contribution in [3.8, 4) is 44.5 Å². The molecule has 49 heavy (non-hydrogen) atoms. The van der Waals surface area contributed by atoms with Crippen LogP contribution in [0.1, 0.15) is 23.3 Å². The van der Waals surface area contributed by atoms with E-state index in [0.29, 0.717) is 32.7 Å². The third-order valence-electron chi connectivity index (χ3n) is 8.68. The minimum absolute atomic E-state index is 0.0291. The second-order valence-corrected chi connectivity index (χ2v) is 11.5. The summed E-state index contributed by atoms with van der Waals surface area (Å²) >= 11 is 0. The first-order valence-corrected chi connectivity index (χ1v) is 15.5. The van der Waals surface area contributed by atoms with Gasteiger partial charge < -0.3 is 4.42 Å². The van der Waals surface area contributed by atoms with Gasteiger partial charge >= 0.3 is 0 Å². The largest absolute Gasteiger partial charge is 0.455 e. The lowest BCUT2D eigenvalue weighted by atomic mass is 9.84. The molecule has 0 fully saturated rings. The fraction of sp³-hybridized carbons (Fsp3) is 0. The van der Waals surface area contributed by atoms with Gasteiger partial charge in [0.2, 0.25) is 0 Å². The molecule has 228 valence electrons. The first-order valence-electron chi connectivity index (χ1n) is 24.0. The SMILES string of the molecule is [2H]c1c([2H])c([2H])c(-c2c([2H])c(-c3ccccc3)c([2H])c(-c3c4ccccc4c(-c4c([2H])c([2H])c5oc6c7c([2H])c([2H])c([2H])c([2H])c7c([2H])c([2H])c6c5c4[2H])c4ccccc34)c2[2H])c([2H])c1[2H]. The van der Waals surface area contributed by atoms with Crippen molar-refractivity contribution in [3.05, 3.63) is 182 Å². The van der Waals surface area contributed by atoms with Gasteiger partial charge in [0.15, 0.2) is 0 Å². The number of benzene rings is 9. The molecule has 0 N–H and O–H groups in total. The molecule has 1 heteroatoms. The van der Waals surface area contributed by atoms with E-state index in [0.717, 1.165) is 0 Å². The van der Waals surface area contributed by atoms with E-state index in [1.165, 1.54) is 0 Å². The van der Waals surface area contributed by atoms with E-state index in [2.05, 4.69) is 0 Å². The van der Waals surface area contributed by atoms with E-state index < -0.39 is 90.6 Å². The van der Waals surface area contributed by atoms with E-state index in [9.17, 15) is 8.22 Å². The molecule has 1 heterocycles. The van der Waals surface area contributed by atoms with Crippen molar-refractivity contribution >= 4 is 54.3 Å². The van der Waals surface area contributed by atoms with Crippen molar-refractivity contribution < 1.29 is 27.7 Å². The molecule has 0 aliphatic carbocycles. The molecule has 1 nitrogen and oxygen atoms in total. The van der Waals surface area contributed by atoms with Crippen LogP contribution in [0.5, 0.6) is 0 Å². The van der Waals surface area contributed by atoms with Crippen LogP contribution in [0.15, 0.2) is 186 Å². The Morgan fingerprint density at radius 1 is 0.347 bits per heavy atom. The monoisotopic (exact) mass is 639 g/mol. The van der Waals surface area contributed by atoms with E-state index in [1.807, 2.05) is 0 Å². The van der Waals surface area contributed by atoms with Gasteiger partial charge in [0, 0.05) is 16.2 Å². The van der Waals surface area contributed by atoms with E-state index >= 15 is 0 Å². The van der Waals surface area contributed by atoms with Gasteiger partial charge in [-0.05, 0) is 108 Å². The third-order valence-corrected chi connectivity index (χ3v) is 8.68. The molecular weight excluding hydrogens is 593 g/mol. The molecule has 0 atom stereocenters. The lowest BCUT2D eigenvalue weighted by Gasteiger charge is -2.19. The molecule has 9 aromatic carbocycles. The second kappa shape index (κ2) is 11.1. The Labute approximate surface area is 308 Å². The Morgan fingerprint density at radius 2 is 0.939 bits per heavy atom. The molecule has 0 bridgehead atoms. The number of hydrogen-bond donors (Lipinski definition) is 0. The van der Waals surface area contributed by atoms with Gasteiger partial charge in [-0.2, -0.15) is 0 Å². The first-order chi connectivity index (χ1) is 31.4. The topological polar surface area (TPSA) is 13.1 Å². The molecule has 0 saturated carbocycles. The number of rotatable bonds is 4. The van der Waals surface area contributed by atoms with Crippen molar-refractivity contribution in [2.45, 2.75) is 0 Å². The van der Waals surface area contributed by atoms with Crippen LogP contribution in [0.2, 0.25) is 0 Å². The highest BCUT2D eigenvalue weighted by Gasteiger charge is 2.19. The maximum Gasteiger partial charge on any atom is 0.143 e. The van der Waals surface area contributed by atoms with Crippen LogP contribution in [0.4, 0.5) is 0 Å². The maximum atomic E-state index is 9.86. The predicted molar refractivity (Wildman–Crippen MR) is 208 cm³/mol. The molecule has 0 unspecified atom stereocenters. The van der Waals surface area contributed by atoms with E-state index in [1.54, 1.807) is 78.9 Å². The third kappa shape index (κ3) is 4.47. The van der Waals surface area contributed by atoms with Crippen LogP contribution in [0.25, 0.3) is 98.8 Å². The van der Waals surface area contributed by atoms with Crippen LogP contribution in [-0.4, -0.2) is 0 Å². The minimum Gasteiger partial charge on any atom is -0.455 e. The van der Waals surface area contributed by atoms with Crippen molar-refractivity contribution in [1.82, 2.24) is 0 Å². The van der Waals surface area contributed by atoms with Crippen LogP contribution in [0, 0.1) is 0 Å². The summed E-state index contributed by atoms with van der Waals surface area (Å²) in [6, 6.07) is 13.2. The van der Waals surface area contributed by atoms with Gasteiger partial charge in [-0.15, -0.1) is 0 Å². The average molecular weight is 640 g/mol. The van der Waals surface area contributed by atoms with Gasteiger partial charge in [-0.1, -0.05) is 145 Å². The summed E-state index contributed by atoms with van der Waals surface area (Å²) in [5, 5.41) is 0.869. The first kappa shape index (κ1) is 15.6. The Bertz CT molecular complexity index is 3760. The standard InChI is InChI=1S/C48H30O/c1-3-13-31(14-4-1)35-27-36(32-15-5-2-6-16-32)29-37(28-35)47-41-21-11-9-19-39(41)46(40-20-10-12-22-42(40)47)34-24-26-45-44(30-34)43-25-23-33-17-7-8-18-38(33)48(43)49-45/h1-30H/i1D,3D,4D,7D,8D,13D,14D,17D,18D,23D,24D,25D,26D,27D,28D,29D,30D. The summed E-state index contributed by atoms with van der Waals surface area (Å²) < 4.78 is 159. The van der Waals surface area contributed by atoms with Gasteiger partial charge in [-0.25, -0.2) is 0 Å². The number of hydrogen-bond acceptors (Lipinski definition) is 1. The highest BCUT2D eigenvalue weighted by atomic mass is 16.3. The maximum absolute atomic E-state index is 9.86. The Balaban J connectivity index is 1.38. The van der Waals surface area contributed by atoms with Crippen LogP contribution in [0.3, 0.4) is 0 Å². The fourth-order valence-corrected chi connectivity index (χ4v) is 6.55. The molecular formula is C48H30O. The zero-order valence-electron chi connectivity index (χ0n) is 42.4. The minimum atomic E-state index is -0.662. The van der Waals surface area contributed by atoms with Crippen molar-refractivity contribution in [2.75, 3.05) is 0 Å². The molecule has 0 saturated heterocycles. The highest BCUT2D eigenvalue weighted by molar-refractivity contribution is 6.23. The van der Waals surface area contributed by atoms with E-state index in [4.69, 9.17) is 19.5 Å².